The van der Waals surface area contributed by atoms with Gasteiger partial charge in [-0.25, -0.2) is 14.4 Å². The zero-order valence-electron chi connectivity index (χ0n) is 20.3. The zero-order chi connectivity index (χ0) is 23.8. The predicted molar refractivity (Wildman–Crippen MR) is 127 cm³/mol. The number of carbonyl (C=O) groups is 1. The van der Waals surface area contributed by atoms with Crippen molar-refractivity contribution in [2.45, 2.75) is 72.0 Å². The molecular weight excluding hydrogens is 421 g/mol. The molecule has 33 heavy (non-hydrogen) atoms. The molecule has 1 aromatic heterocycles. The summed E-state index contributed by atoms with van der Waals surface area (Å²) in [5.74, 6) is 0.604. The van der Waals surface area contributed by atoms with E-state index in [1.807, 2.05) is 18.5 Å². The average Bonchev–Trinajstić information content (AvgIpc) is 2.78. The number of rotatable bonds is 9. The molecule has 3 rings (SSSR count). The molecular formula is C26H36FN3O3. The second-order valence-electron chi connectivity index (χ2n) is 9.71. The molecule has 0 unspecified atom stereocenters. The third-order valence-corrected chi connectivity index (χ3v) is 5.81. The lowest BCUT2D eigenvalue weighted by molar-refractivity contribution is -0.153. The molecule has 6 nitrogen and oxygen atoms in total. The van der Waals surface area contributed by atoms with Crippen LogP contribution in [0.2, 0.25) is 0 Å². The Labute approximate surface area is 196 Å². The fraction of sp³-hybridized carbons (Fsp3) is 0.577. The highest BCUT2D eigenvalue weighted by Crippen LogP contribution is 2.23. The fourth-order valence-corrected chi connectivity index (χ4v) is 3.91. The second-order valence-corrected chi connectivity index (χ2v) is 9.71. The van der Waals surface area contributed by atoms with Gasteiger partial charge in [0.2, 0.25) is 5.95 Å². The van der Waals surface area contributed by atoms with Gasteiger partial charge in [-0.2, -0.15) is 0 Å². The highest BCUT2D eigenvalue weighted by Gasteiger charge is 2.21. The Balaban J connectivity index is 1.36. The van der Waals surface area contributed by atoms with Crippen LogP contribution in [0.15, 0.2) is 30.6 Å². The number of ether oxygens (including phenoxy) is 2. The van der Waals surface area contributed by atoms with Crippen LogP contribution in [0.5, 0.6) is 0 Å². The quantitative estimate of drug-likeness (QED) is 0.395. The van der Waals surface area contributed by atoms with E-state index in [-0.39, 0.29) is 6.42 Å². The first-order valence-electron chi connectivity index (χ1n) is 11.9. The van der Waals surface area contributed by atoms with Gasteiger partial charge in [0.05, 0.1) is 13.0 Å². The third-order valence-electron chi connectivity index (χ3n) is 5.81. The van der Waals surface area contributed by atoms with Crippen molar-refractivity contribution >= 4 is 11.9 Å². The number of aryl methyl sites for hydroxylation is 1. The van der Waals surface area contributed by atoms with Gasteiger partial charge in [-0.05, 0) is 75.1 Å². The third kappa shape index (κ3) is 8.07. The summed E-state index contributed by atoms with van der Waals surface area (Å²) in [5.41, 5.74) is 1.69. The number of hydrogen-bond acceptors (Lipinski definition) is 6. The van der Waals surface area contributed by atoms with Crippen LogP contribution in [-0.4, -0.2) is 41.2 Å². The van der Waals surface area contributed by atoms with Crippen molar-refractivity contribution in [2.24, 2.45) is 5.92 Å². The summed E-state index contributed by atoms with van der Waals surface area (Å²) in [7, 11) is 0. The first kappa shape index (κ1) is 25.1. The van der Waals surface area contributed by atoms with Gasteiger partial charge in [-0.15, -0.1) is 0 Å². The number of carbonyl (C=O) groups excluding carboxylic acids is 1. The highest BCUT2D eigenvalue weighted by atomic mass is 19.1. The van der Waals surface area contributed by atoms with Gasteiger partial charge in [0.25, 0.3) is 0 Å². The van der Waals surface area contributed by atoms with Gasteiger partial charge < -0.3 is 14.4 Å². The van der Waals surface area contributed by atoms with Crippen LogP contribution in [0.4, 0.5) is 10.3 Å². The molecule has 1 fully saturated rings. The monoisotopic (exact) mass is 457 g/mol. The summed E-state index contributed by atoms with van der Waals surface area (Å²) in [5, 5.41) is 0. The molecule has 1 saturated heterocycles. The van der Waals surface area contributed by atoms with Gasteiger partial charge in [-0.1, -0.05) is 19.1 Å². The van der Waals surface area contributed by atoms with Gasteiger partial charge in [-0.3, -0.25) is 4.79 Å². The first-order chi connectivity index (χ1) is 15.7. The van der Waals surface area contributed by atoms with Gasteiger partial charge in [0.15, 0.2) is 0 Å². The van der Waals surface area contributed by atoms with Gasteiger partial charge >= 0.3 is 5.97 Å². The second kappa shape index (κ2) is 11.5. The summed E-state index contributed by atoms with van der Waals surface area (Å²) >= 11 is 0. The average molecular weight is 458 g/mol. The van der Waals surface area contributed by atoms with E-state index in [1.165, 1.54) is 6.07 Å². The van der Waals surface area contributed by atoms with Crippen LogP contribution in [0, 0.1) is 11.7 Å². The maximum atomic E-state index is 14.4. The molecule has 0 saturated carbocycles. The summed E-state index contributed by atoms with van der Waals surface area (Å²) < 4.78 is 25.5. The number of hydrogen-bond donors (Lipinski definition) is 0. The molecule has 1 aromatic carbocycles. The van der Waals surface area contributed by atoms with E-state index in [1.54, 1.807) is 26.8 Å². The fourth-order valence-electron chi connectivity index (χ4n) is 3.91. The summed E-state index contributed by atoms with van der Waals surface area (Å²) in [6, 6.07) is 4.90. The van der Waals surface area contributed by atoms with Crippen LogP contribution in [0.1, 0.15) is 63.6 Å². The Hall–Kier alpha value is -2.54. The smallest absolute Gasteiger partial charge is 0.310 e. The summed E-state index contributed by atoms with van der Waals surface area (Å²) in [4.78, 5) is 23.1. The van der Waals surface area contributed by atoms with Crippen LogP contribution in [-0.2, 0) is 33.7 Å². The van der Waals surface area contributed by atoms with Crippen molar-refractivity contribution in [2.75, 3.05) is 24.6 Å². The molecule has 0 amide bonds. The van der Waals surface area contributed by atoms with Crippen molar-refractivity contribution in [3.63, 3.8) is 0 Å². The van der Waals surface area contributed by atoms with Gasteiger partial charge in [0.1, 0.15) is 11.4 Å². The molecule has 1 aliphatic heterocycles. The van der Waals surface area contributed by atoms with Crippen molar-refractivity contribution in [1.29, 1.82) is 0 Å². The lowest BCUT2D eigenvalue weighted by Crippen LogP contribution is -2.35. The lowest BCUT2D eigenvalue weighted by Gasteiger charge is -2.32. The van der Waals surface area contributed by atoms with E-state index in [4.69, 9.17) is 9.47 Å². The van der Waals surface area contributed by atoms with E-state index >= 15 is 0 Å². The molecule has 0 N–H and O–H groups in total. The van der Waals surface area contributed by atoms with Gasteiger partial charge in [0, 0.05) is 32.1 Å². The molecule has 0 aliphatic carbocycles. The van der Waals surface area contributed by atoms with Crippen molar-refractivity contribution in [3.05, 3.63) is 53.1 Å². The molecule has 0 radical (unpaired) electrons. The van der Waals surface area contributed by atoms with Crippen molar-refractivity contribution in [1.82, 2.24) is 9.97 Å². The molecule has 180 valence electrons. The number of benzene rings is 1. The minimum absolute atomic E-state index is 0.0727. The summed E-state index contributed by atoms with van der Waals surface area (Å²) in [6.45, 7) is 10.4. The van der Waals surface area contributed by atoms with E-state index < -0.39 is 17.4 Å². The number of halogens is 1. The van der Waals surface area contributed by atoms with Crippen molar-refractivity contribution < 1.29 is 18.7 Å². The minimum atomic E-state index is -0.577. The van der Waals surface area contributed by atoms with Crippen LogP contribution >= 0.6 is 0 Å². The zero-order valence-corrected chi connectivity index (χ0v) is 20.3. The predicted octanol–water partition coefficient (Wildman–Crippen LogP) is 4.89. The van der Waals surface area contributed by atoms with Crippen LogP contribution in [0.25, 0.3) is 0 Å². The maximum absolute atomic E-state index is 14.4. The molecule has 2 aromatic rings. The number of esters is 1. The Kier molecular flexibility index (Phi) is 8.78. The van der Waals surface area contributed by atoms with Crippen LogP contribution < -0.4 is 4.90 Å². The molecule has 1 aliphatic rings. The number of aromatic nitrogens is 2. The molecule has 0 spiro atoms. The van der Waals surface area contributed by atoms with E-state index in [0.29, 0.717) is 24.7 Å². The van der Waals surface area contributed by atoms with E-state index in [0.717, 1.165) is 55.8 Å². The Morgan fingerprint density at radius 3 is 2.45 bits per heavy atom. The lowest BCUT2D eigenvalue weighted by atomic mass is 9.94. The molecule has 0 bridgehead atoms. The normalized spacial score (nSPS) is 15.0. The largest absolute Gasteiger partial charge is 0.460 e. The Morgan fingerprint density at radius 1 is 1.15 bits per heavy atom. The minimum Gasteiger partial charge on any atom is -0.460 e. The summed E-state index contributed by atoms with van der Waals surface area (Å²) in [6.07, 6.45) is 7.88. The van der Waals surface area contributed by atoms with Crippen LogP contribution in [0.3, 0.4) is 0 Å². The number of anilines is 1. The number of nitrogens with zero attached hydrogens (tertiary/aromatic N) is 3. The SMILES string of the molecule is CCc1cnc(N2CCC(CCOCc3ccc(CC(=O)OC(C)(C)C)c(F)c3)CC2)nc1. The highest BCUT2D eigenvalue weighted by molar-refractivity contribution is 5.73. The Morgan fingerprint density at radius 2 is 1.85 bits per heavy atom. The molecule has 0 atom stereocenters. The topological polar surface area (TPSA) is 64.6 Å². The maximum Gasteiger partial charge on any atom is 0.310 e. The van der Waals surface area contributed by atoms with E-state index in [9.17, 15) is 9.18 Å². The Bertz CT molecular complexity index is 904. The molecule has 2 heterocycles. The standard InChI is InChI=1S/C26H36FN3O3/c1-5-19-16-28-25(29-17-19)30-11-8-20(9-12-30)10-13-32-18-21-6-7-22(23(27)14-21)15-24(31)33-26(2,3)4/h6-7,14,16-17,20H,5,8-13,15,18H2,1-4H3. The first-order valence-corrected chi connectivity index (χ1v) is 11.9. The van der Waals surface area contributed by atoms with E-state index in [2.05, 4.69) is 21.8 Å². The molecule has 7 heteroatoms. The number of piperidine rings is 1. The van der Waals surface area contributed by atoms with Crippen molar-refractivity contribution in [3.8, 4) is 0 Å².